The van der Waals surface area contributed by atoms with Crippen LogP contribution in [0.3, 0.4) is 0 Å². The Morgan fingerprint density at radius 3 is 2.47 bits per heavy atom. The molecule has 2 heterocycles. The molecule has 0 bridgehead atoms. The molecule has 3 aromatic rings. The second-order valence-electron chi connectivity index (χ2n) is 7.12. The number of anilines is 1. The standard InChI is InChI=1S/C24H20ClNO3S/c1-3-15-9-11-16(12-10-15)22(27)20-21(19-8-5-13-30-19)26(24(29)23(20)28)18-7-4-6-17(25)14(18)2/h4-13,21,27H,3H2,1-2H3/b22-20-. The zero-order valence-corrected chi connectivity index (χ0v) is 18.1. The first-order valence-electron chi connectivity index (χ1n) is 9.62. The molecule has 0 aliphatic carbocycles. The number of benzene rings is 2. The Kier molecular flexibility index (Phi) is 5.50. The molecule has 1 fully saturated rings. The topological polar surface area (TPSA) is 57.6 Å². The third kappa shape index (κ3) is 3.34. The second kappa shape index (κ2) is 8.09. The van der Waals surface area contributed by atoms with E-state index in [1.807, 2.05) is 43.5 Å². The first-order chi connectivity index (χ1) is 14.4. The predicted molar refractivity (Wildman–Crippen MR) is 121 cm³/mol. The van der Waals surface area contributed by atoms with Gasteiger partial charge in [0.1, 0.15) is 11.8 Å². The van der Waals surface area contributed by atoms with Gasteiger partial charge in [-0.15, -0.1) is 11.3 Å². The Morgan fingerprint density at radius 1 is 1.10 bits per heavy atom. The molecule has 4 rings (SSSR count). The van der Waals surface area contributed by atoms with Gasteiger partial charge in [0, 0.05) is 21.2 Å². The van der Waals surface area contributed by atoms with Crippen molar-refractivity contribution >= 4 is 46.1 Å². The van der Waals surface area contributed by atoms with Crippen molar-refractivity contribution in [2.24, 2.45) is 0 Å². The molecule has 1 unspecified atom stereocenters. The van der Waals surface area contributed by atoms with Crippen molar-refractivity contribution in [3.8, 4) is 0 Å². The van der Waals surface area contributed by atoms with E-state index in [4.69, 9.17) is 11.6 Å². The Hall–Kier alpha value is -2.89. The Morgan fingerprint density at radius 2 is 1.83 bits per heavy atom. The average Bonchev–Trinajstić information content (AvgIpc) is 3.37. The fourth-order valence-electron chi connectivity index (χ4n) is 3.71. The van der Waals surface area contributed by atoms with Crippen LogP contribution in [0.5, 0.6) is 0 Å². The molecule has 1 N–H and O–H groups in total. The Bertz CT molecular complexity index is 1150. The van der Waals surface area contributed by atoms with Gasteiger partial charge in [-0.1, -0.05) is 54.9 Å². The van der Waals surface area contributed by atoms with Crippen LogP contribution in [0.2, 0.25) is 5.02 Å². The van der Waals surface area contributed by atoms with Crippen molar-refractivity contribution in [1.29, 1.82) is 0 Å². The third-order valence-corrected chi connectivity index (χ3v) is 6.73. The molecular formula is C24H20ClNO3S. The summed E-state index contributed by atoms with van der Waals surface area (Å²) in [4.78, 5) is 28.4. The van der Waals surface area contributed by atoms with Gasteiger partial charge in [-0.2, -0.15) is 0 Å². The molecule has 152 valence electrons. The van der Waals surface area contributed by atoms with Crippen molar-refractivity contribution in [1.82, 2.24) is 0 Å². The molecule has 1 aromatic heterocycles. The molecule has 6 heteroatoms. The molecule has 1 amide bonds. The summed E-state index contributed by atoms with van der Waals surface area (Å²) in [6.45, 7) is 3.86. The van der Waals surface area contributed by atoms with E-state index in [0.29, 0.717) is 21.8 Å². The number of halogens is 1. The van der Waals surface area contributed by atoms with Crippen molar-refractivity contribution in [3.05, 3.63) is 92.1 Å². The highest BCUT2D eigenvalue weighted by atomic mass is 35.5. The van der Waals surface area contributed by atoms with Gasteiger partial charge in [0.05, 0.1) is 5.57 Å². The number of carbonyl (C=O) groups is 2. The van der Waals surface area contributed by atoms with Crippen molar-refractivity contribution < 1.29 is 14.7 Å². The highest BCUT2D eigenvalue weighted by molar-refractivity contribution is 7.10. The monoisotopic (exact) mass is 437 g/mol. The highest BCUT2D eigenvalue weighted by Gasteiger charge is 2.47. The largest absolute Gasteiger partial charge is 0.507 e. The number of thiophene rings is 1. The summed E-state index contributed by atoms with van der Waals surface area (Å²) in [6.07, 6.45) is 0.870. The minimum absolute atomic E-state index is 0.0890. The molecule has 0 spiro atoms. The van der Waals surface area contributed by atoms with Gasteiger partial charge >= 0.3 is 0 Å². The number of aliphatic hydroxyl groups excluding tert-OH is 1. The summed E-state index contributed by atoms with van der Waals surface area (Å²) in [5, 5.41) is 13.5. The lowest BCUT2D eigenvalue weighted by Gasteiger charge is -2.26. The summed E-state index contributed by atoms with van der Waals surface area (Å²) in [7, 11) is 0. The molecule has 2 aromatic carbocycles. The van der Waals surface area contributed by atoms with E-state index in [9.17, 15) is 14.7 Å². The third-order valence-electron chi connectivity index (χ3n) is 5.39. The van der Waals surface area contributed by atoms with Crippen LogP contribution in [0.15, 0.2) is 65.6 Å². The van der Waals surface area contributed by atoms with Crippen LogP contribution in [0.4, 0.5) is 5.69 Å². The van der Waals surface area contributed by atoms with Crippen molar-refractivity contribution in [2.75, 3.05) is 4.90 Å². The minimum atomic E-state index is -0.715. The van der Waals surface area contributed by atoms with E-state index in [1.54, 1.807) is 30.3 Å². The number of Topliss-reactive ketones (excluding diaryl/α,β-unsaturated/α-hetero) is 1. The zero-order chi connectivity index (χ0) is 21.4. The van der Waals surface area contributed by atoms with E-state index in [1.165, 1.54) is 16.2 Å². The maximum atomic E-state index is 13.1. The van der Waals surface area contributed by atoms with Gasteiger partial charge in [0.2, 0.25) is 0 Å². The SMILES string of the molecule is CCc1ccc(/C(O)=C2/C(=O)C(=O)N(c3cccc(Cl)c3C)C2c2cccs2)cc1. The number of aliphatic hydroxyl groups is 1. The van der Waals surface area contributed by atoms with Crippen LogP contribution in [0.1, 0.15) is 34.5 Å². The molecular weight excluding hydrogens is 418 g/mol. The highest BCUT2D eigenvalue weighted by Crippen LogP contribution is 2.45. The smallest absolute Gasteiger partial charge is 0.300 e. The fraction of sp³-hybridized carbons (Fsp3) is 0.167. The number of carbonyl (C=O) groups excluding carboxylic acids is 2. The second-order valence-corrected chi connectivity index (χ2v) is 8.51. The molecule has 1 saturated heterocycles. The van der Waals surface area contributed by atoms with Gasteiger partial charge < -0.3 is 5.11 Å². The minimum Gasteiger partial charge on any atom is -0.507 e. The van der Waals surface area contributed by atoms with Gasteiger partial charge in [0.25, 0.3) is 11.7 Å². The molecule has 1 aliphatic heterocycles. The normalized spacial score (nSPS) is 18.2. The van der Waals surface area contributed by atoms with Gasteiger partial charge in [-0.25, -0.2) is 0 Å². The fourth-order valence-corrected chi connectivity index (χ4v) is 4.70. The zero-order valence-electron chi connectivity index (χ0n) is 16.6. The number of amides is 1. The number of nitrogens with zero attached hydrogens (tertiary/aromatic N) is 1. The molecule has 1 atom stereocenters. The van der Waals surface area contributed by atoms with E-state index < -0.39 is 17.7 Å². The number of rotatable bonds is 4. The summed E-state index contributed by atoms with van der Waals surface area (Å²) < 4.78 is 0. The molecule has 30 heavy (non-hydrogen) atoms. The van der Waals surface area contributed by atoms with Crippen molar-refractivity contribution in [3.63, 3.8) is 0 Å². The van der Waals surface area contributed by atoms with Crippen LogP contribution < -0.4 is 4.90 Å². The lowest BCUT2D eigenvalue weighted by atomic mass is 9.98. The molecule has 0 saturated carbocycles. The van der Waals surface area contributed by atoms with Crippen LogP contribution in [-0.4, -0.2) is 16.8 Å². The lowest BCUT2D eigenvalue weighted by Crippen LogP contribution is -2.29. The van der Waals surface area contributed by atoms with E-state index in [0.717, 1.165) is 16.9 Å². The summed E-state index contributed by atoms with van der Waals surface area (Å²) in [5.41, 5.74) is 2.98. The first kappa shape index (κ1) is 20.4. The number of hydrogen-bond acceptors (Lipinski definition) is 4. The summed E-state index contributed by atoms with van der Waals surface area (Å²) in [5.74, 6) is -1.55. The lowest BCUT2D eigenvalue weighted by molar-refractivity contribution is -0.132. The predicted octanol–water partition coefficient (Wildman–Crippen LogP) is 5.90. The average molecular weight is 438 g/mol. The molecule has 4 nitrogen and oxygen atoms in total. The van der Waals surface area contributed by atoms with E-state index in [2.05, 4.69) is 0 Å². The number of hydrogen-bond donors (Lipinski definition) is 1. The van der Waals surface area contributed by atoms with Gasteiger partial charge in [-0.05, 0) is 48.1 Å². The van der Waals surface area contributed by atoms with Gasteiger partial charge in [-0.3, -0.25) is 14.5 Å². The van der Waals surface area contributed by atoms with E-state index >= 15 is 0 Å². The molecule has 0 radical (unpaired) electrons. The van der Waals surface area contributed by atoms with Crippen LogP contribution in [-0.2, 0) is 16.0 Å². The first-order valence-corrected chi connectivity index (χ1v) is 10.9. The maximum Gasteiger partial charge on any atom is 0.300 e. The van der Waals surface area contributed by atoms with Gasteiger partial charge in [0.15, 0.2) is 0 Å². The van der Waals surface area contributed by atoms with E-state index in [-0.39, 0.29) is 11.3 Å². The molecule has 1 aliphatic rings. The van der Waals surface area contributed by atoms with Crippen LogP contribution >= 0.6 is 22.9 Å². The van der Waals surface area contributed by atoms with Crippen LogP contribution in [0.25, 0.3) is 5.76 Å². The van der Waals surface area contributed by atoms with Crippen LogP contribution in [0, 0.1) is 6.92 Å². The Balaban J connectivity index is 1.93. The van der Waals surface area contributed by atoms with Crippen molar-refractivity contribution in [2.45, 2.75) is 26.3 Å². The quantitative estimate of drug-likeness (QED) is 0.314. The number of aryl methyl sites for hydroxylation is 1. The maximum absolute atomic E-state index is 13.1. The Labute approximate surface area is 184 Å². The summed E-state index contributed by atoms with van der Waals surface area (Å²) in [6, 6.07) is 15.6. The number of ketones is 1. The summed E-state index contributed by atoms with van der Waals surface area (Å²) >= 11 is 7.72.